The number of ether oxygens (including phenoxy) is 1. The van der Waals surface area contributed by atoms with Crippen LogP contribution in [0.1, 0.15) is 24.5 Å². The van der Waals surface area contributed by atoms with Crippen LogP contribution < -0.4 is 5.56 Å². The van der Waals surface area contributed by atoms with Gasteiger partial charge in [-0.2, -0.15) is 0 Å². The minimum atomic E-state index is -0.0155. The summed E-state index contributed by atoms with van der Waals surface area (Å²) in [7, 11) is 1.82. The van der Waals surface area contributed by atoms with E-state index in [1.807, 2.05) is 37.4 Å². The molecule has 1 saturated heterocycles. The molecule has 1 aliphatic rings. The number of nitrogens with zero attached hydrogens (tertiary/aromatic N) is 1. The van der Waals surface area contributed by atoms with Crippen LogP contribution in [0.4, 0.5) is 0 Å². The predicted molar refractivity (Wildman–Crippen MR) is 67.1 cm³/mol. The quantitative estimate of drug-likeness (QED) is 0.751. The SMILES string of the molecule is Cn1c(=O)c(C2CCCO2)cc2ccccc21. The molecule has 0 amide bonds. The van der Waals surface area contributed by atoms with Gasteiger partial charge in [-0.1, -0.05) is 18.2 Å². The van der Waals surface area contributed by atoms with Crippen LogP contribution in [0.25, 0.3) is 10.9 Å². The number of benzene rings is 1. The Hall–Kier alpha value is -1.61. The van der Waals surface area contributed by atoms with Gasteiger partial charge in [0.1, 0.15) is 0 Å². The second-order valence-electron chi connectivity index (χ2n) is 4.52. The molecule has 0 N–H and O–H groups in total. The second kappa shape index (κ2) is 4.00. The van der Waals surface area contributed by atoms with Gasteiger partial charge in [0, 0.05) is 19.2 Å². The first-order valence-corrected chi connectivity index (χ1v) is 5.97. The van der Waals surface area contributed by atoms with Crippen molar-refractivity contribution in [2.24, 2.45) is 7.05 Å². The van der Waals surface area contributed by atoms with Gasteiger partial charge in [0.25, 0.3) is 5.56 Å². The third-order valence-corrected chi connectivity index (χ3v) is 3.44. The lowest BCUT2D eigenvalue weighted by Gasteiger charge is -2.12. The van der Waals surface area contributed by atoms with Crippen molar-refractivity contribution in [2.45, 2.75) is 18.9 Å². The smallest absolute Gasteiger partial charge is 0.256 e. The Balaban J connectivity index is 2.25. The molecule has 17 heavy (non-hydrogen) atoms. The molecule has 0 aliphatic carbocycles. The molecule has 3 rings (SSSR count). The molecular formula is C14H15NO2. The Morgan fingerprint density at radius 3 is 2.94 bits per heavy atom. The molecule has 1 aliphatic heterocycles. The average molecular weight is 229 g/mol. The van der Waals surface area contributed by atoms with Gasteiger partial charge in [-0.15, -0.1) is 0 Å². The molecule has 1 atom stereocenters. The van der Waals surface area contributed by atoms with E-state index in [0.717, 1.165) is 35.9 Å². The Morgan fingerprint density at radius 1 is 1.35 bits per heavy atom. The van der Waals surface area contributed by atoms with Crippen molar-refractivity contribution in [3.05, 3.63) is 46.2 Å². The predicted octanol–water partition coefficient (Wildman–Crippen LogP) is 2.39. The van der Waals surface area contributed by atoms with Gasteiger partial charge in [0.15, 0.2) is 0 Å². The highest BCUT2D eigenvalue weighted by Gasteiger charge is 2.21. The number of hydrogen-bond donors (Lipinski definition) is 0. The van der Waals surface area contributed by atoms with E-state index in [2.05, 4.69) is 0 Å². The van der Waals surface area contributed by atoms with Gasteiger partial charge < -0.3 is 9.30 Å². The van der Waals surface area contributed by atoms with E-state index in [1.54, 1.807) is 4.57 Å². The van der Waals surface area contributed by atoms with E-state index >= 15 is 0 Å². The fourth-order valence-corrected chi connectivity index (χ4v) is 2.50. The number of rotatable bonds is 1. The summed E-state index contributed by atoms with van der Waals surface area (Å²) in [6.45, 7) is 0.765. The van der Waals surface area contributed by atoms with Crippen molar-refractivity contribution in [2.75, 3.05) is 6.61 Å². The molecule has 1 fully saturated rings. The molecule has 0 bridgehead atoms. The monoisotopic (exact) mass is 229 g/mol. The molecule has 3 nitrogen and oxygen atoms in total. The summed E-state index contributed by atoms with van der Waals surface area (Å²) >= 11 is 0. The van der Waals surface area contributed by atoms with E-state index in [1.165, 1.54) is 0 Å². The summed E-state index contributed by atoms with van der Waals surface area (Å²) in [5.74, 6) is 0. The average Bonchev–Trinajstić information content (AvgIpc) is 2.87. The molecular weight excluding hydrogens is 214 g/mol. The van der Waals surface area contributed by atoms with Crippen molar-refractivity contribution in [3.63, 3.8) is 0 Å². The lowest BCUT2D eigenvalue weighted by Crippen LogP contribution is -2.23. The van der Waals surface area contributed by atoms with Crippen LogP contribution in [-0.4, -0.2) is 11.2 Å². The Morgan fingerprint density at radius 2 is 2.18 bits per heavy atom. The summed E-state index contributed by atoms with van der Waals surface area (Å²) in [6, 6.07) is 9.93. The highest BCUT2D eigenvalue weighted by Crippen LogP contribution is 2.27. The third-order valence-electron chi connectivity index (χ3n) is 3.44. The number of hydrogen-bond acceptors (Lipinski definition) is 2. The van der Waals surface area contributed by atoms with Crippen molar-refractivity contribution in [3.8, 4) is 0 Å². The summed E-state index contributed by atoms with van der Waals surface area (Å²) < 4.78 is 7.33. The first kappa shape index (κ1) is 10.5. The first-order chi connectivity index (χ1) is 8.27. The zero-order chi connectivity index (χ0) is 11.8. The summed E-state index contributed by atoms with van der Waals surface area (Å²) in [6.07, 6.45) is 1.98. The van der Waals surface area contributed by atoms with Gasteiger partial charge in [-0.25, -0.2) is 0 Å². The van der Waals surface area contributed by atoms with E-state index in [4.69, 9.17) is 4.74 Å². The Bertz CT molecular complexity index is 609. The number of para-hydroxylation sites is 1. The number of aryl methyl sites for hydroxylation is 1. The van der Waals surface area contributed by atoms with Crippen molar-refractivity contribution in [1.29, 1.82) is 0 Å². The van der Waals surface area contributed by atoms with Crippen LogP contribution in [0.15, 0.2) is 35.1 Å². The standard InChI is InChI=1S/C14H15NO2/c1-15-12-6-3-2-5-10(12)9-11(14(15)16)13-7-4-8-17-13/h2-3,5-6,9,13H,4,7-8H2,1H3. The maximum Gasteiger partial charge on any atom is 0.256 e. The summed E-state index contributed by atoms with van der Waals surface area (Å²) in [5.41, 5.74) is 1.83. The van der Waals surface area contributed by atoms with Crippen LogP contribution in [0.3, 0.4) is 0 Å². The van der Waals surface area contributed by atoms with Crippen molar-refractivity contribution in [1.82, 2.24) is 4.57 Å². The van der Waals surface area contributed by atoms with Gasteiger partial charge in [0.2, 0.25) is 0 Å². The van der Waals surface area contributed by atoms with Crippen molar-refractivity contribution < 1.29 is 4.74 Å². The van der Waals surface area contributed by atoms with Gasteiger partial charge in [-0.05, 0) is 30.4 Å². The molecule has 1 aromatic heterocycles. The third kappa shape index (κ3) is 1.67. The fraction of sp³-hybridized carbons (Fsp3) is 0.357. The topological polar surface area (TPSA) is 31.2 Å². The molecule has 0 saturated carbocycles. The number of pyridine rings is 1. The maximum absolute atomic E-state index is 12.3. The Kier molecular flexibility index (Phi) is 2.48. The van der Waals surface area contributed by atoms with Gasteiger partial charge >= 0.3 is 0 Å². The Labute approximate surface area is 99.6 Å². The highest BCUT2D eigenvalue weighted by molar-refractivity contribution is 5.79. The lowest BCUT2D eigenvalue weighted by molar-refractivity contribution is 0.110. The highest BCUT2D eigenvalue weighted by atomic mass is 16.5. The maximum atomic E-state index is 12.3. The van der Waals surface area contributed by atoms with Crippen LogP contribution in [0.5, 0.6) is 0 Å². The van der Waals surface area contributed by atoms with Crippen LogP contribution in [0.2, 0.25) is 0 Å². The largest absolute Gasteiger partial charge is 0.373 e. The normalized spacial score (nSPS) is 19.9. The minimum Gasteiger partial charge on any atom is -0.373 e. The molecule has 1 aromatic carbocycles. The van der Waals surface area contributed by atoms with Crippen LogP contribution in [-0.2, 0) is 11.8 Å². The number of fused-ring (bicyclic) bond motifs is 1. The zero-order valence-electron chi connectivity index (χ0n) is 9.85. The molecule has 0 spiro atoms. The molecule has 2 aromatic rings. The van der Waals surface area contributed by atoms with Crippen molar-refractivity contribution >= 4 is 10.9 Å². The fourth-order valence-electron chi connectivity index (χ4n) is 2.50. The molecule has 0 radical (unpaired) electrons. The molecule has 1 unspecified atom stereocenters. The zero-order valence-corrected chi connectivity index (χ0v) is 9.85. The minimum absolute atomic E-state index is 0.0155. The molecule has 3 heteroatoms. The van der Waals surface area contributed by atoms with Crippen LogP contribution >= 0.6 is 0 Å². The summed E-state index contributed by atoms with van der Waals surface area (Å²) in [4.78, 5) is 12.3. The lowest BCUT2D eigenvalue weighted by atomic mass is 10.1. The van der Waals surface area contributed by atoms with Crippen LogP contribution in [0, 0.1) is 0 Å². The second-order valence-corrected chi connectivity index (χ2v) is 4.52. The van der Waals surface area contributed by atoms with E-state index < -0.39 is 0 Å². The molecule has 2 heterocycles. The van der Waals surface area contributed by atoms with Gasteiger partial charge in [-0.3, -0.25) is 4.79 Å². The first-order valence-electron chi connectivity index (χ1n) is 5.97. The summed E-state index contributed by atoms with van der Waals surface area (Å²) in [5, 5.41) is 1.10. The van der Waals surface area contributed by atoms with E-state index in [-0.39, 0.29) is 11.7 Å². The number of aromatic nitrogens is 1. The molecule has 88 valence electrons. The van der Waals surface area contributed by atoms with E-state index in [0.29, 0.717) is 0 Å². The van der Waals surface area contributed by atoms with Gasteiger partial charge in [0.05, 0.1) is 11.6 Å². The van der Waals surface area contributed by atoms with E-state index in [9.17, 15) is 4.79 Å².